The van der Waals surface area contributed by atoms with Crippen molar-refractivity contribution in [2.24, 2.45) is 0 Å². The molecule has 0 radical (unpaired) electrons. The third kappa shape index (κ3) is 2.47. The van der Waals surface area contributed by atoms with Crippen molar-refractivity contribution >= 4 is 16.6 Å². The second-order valence-corrected chi connectivity index (χ2v) is 5.24. The molecule has 0 fully saturated rings. The van der Waals surface area contributed by atoms with Crippen LogP contribution >= 0.6 is 0 Å². The number of fused-ring (bicyclic) bond motifs is 1. The molecule has 0 unspecified atom stereocenters. The van der Waals surface area contributed by atoms with Crippen LogP contribution in [0.4, 0.5) is 5.69 Å². The van der Waals surface area contributed by atoms with Crippen LogP contribution in [0.2, 0.25) is 0 Å². The van der Waals surface area contributed by atoms with E-state index in [2.05, 4.69) is 36.7 Å². The number of nitrogens with zero attached hydrogens (tertiary/aromatic N) is 1. The summed E-state index contributed by atoms with van der Waals surface area (Å²) in [6.07, 6.45) is 2.14. The van der Waals surface area contributed by atoms with E-state index >= 15 is 0 Å². The molecule has 0 saturated heterocycles. The predicted molar refractivity (Wildman–Crippen MR) is 87.5 cm³/mol. The predicted octanol–water partition coefficient (Wildman–Crippen LogP) is 4.13. The van der Waals surface area contributed by atoms with E-state index < -0.39 is 0 Å². The quantitative estimate of drug-likeness (QED) is 0.730. The van der Waals surface area contributed by atoms with E-state index in [1.165, 1.54) is 5.52 Å². The van der Waals surface area contributed by atoms with Crippen molar-refractivity contribution < 1.29 is 4.74 Å². The zero-order chi connectivity index (χ0) is 14.8. The Morgan fingerprint density at radius 3 is 2.67 bits per heavy atom. The molecule has 0 aliphatic rings. The number of para-hydroxylation sites is 1. The van der Waals surface area contributed by atoms with E-state index in [1.807, 2.05) is 30.3 Å². The summed E-state index contributed by atoms with van der Waals surface area (Å²) in [7, 11) is 0. The largest absolute Gasteiger partial charge is 0.489 e. The molecule has 3 aromatic rings. The van der Waals surface area contributed by atoms with Crippen LogP contribution in [0.3, 0.4) is 0 Å². The molecule has 3 rings (SSSR count). The van der Waals surface area contributed by atoms with Crippen LogP contribution in [0, 0.1) is 6.92 Å². The van der Waals surface area contributed by atoms with Crippen LogP contribution < -0.4 is 10.5 Å². The highest BCUT2D eigenvalue weighted by Crippen LogP contribution is 2.28. The molecule has 2 N–H and O–H groups in total. The van der Waals surface area contributed by atoms with Gasteiger partial charge in [-0.2, -0.15) is 0 Å². The van der Waals surface area contributed by atoms with Crippen LogP contribution in [0.25, 0.3) is 10.9 Å². The molecule has 0 aliphatic carbocycles. The summed E-state index contributed by atoms with van der Waals surface area (Å²) in [5.41, 5.74) is 10.4. The fraction of sp³-hybridized carbons (Fsp3) is 0.222. The van der Waals surface area contributed by atoms with Crippen LogP contribution in [0.15, 0.2) is 48.7 Å². The summed E-state index contributed by atoms with van der Waals surface area (Å²) in [5.74, 6) is 0.921. The Labute approximate surface area is 125 Å². The Bertz CT molecular complexity index is 774. The van der Waals surface area contributed by atoms with Crippen LogP contribution in [-0.2, 0) is 13.2 Å². The van der Waals surface area contributed by atoms with Gasteiger partial charge in [0.05, 0.1) is 5.52 Å². The highest BCUT2D eigenvalue weighted by Gasteiger charge is 2.11. The van der Waals surface area contributed by atoms with Crippen molar-refractivity contribution in [1.29, 1.82) is 0 Å². The second kappa shape index (κ2) is 5.52. The maximum absolute atomic E-state index is 6.16. The lowest BCUT2D eigenvalue weighted by molar-refractivity contribution is 0.305. The number of nitrogen functional groups attached to an aromatic ring is 1. The first-order valence-corrected chi connectivity index (χ1v) is 7.25. The molecular weight excluding hydrogens is 260 g/mol. The first kappa shape index (κ1) is 13.6. The molecule has 0 spiro atoms. The Hall–Kier alpha value is -2.42. The Morgan fingerprint density at radius 1 is 1.10 bits per heavy atom. The number of rotatable bonds is 4. The third-order valence-corrected chi connectivity index (χ3v) is 3.83. The van der Waals surface area contributed by atoms with Gasteiger partial charge in [0.2, 0.25) is 0 Å². The number of benzene rings is 2. The van der Waals surface area contributed by atoms with Crippen LogP contribution in [0.1, 0.15) is 18.1 Å². The minimum atomic E-state index is 0.530. The van der Waals surface area contributed by atoms with Crippen LogP contribution in [-0.4, -0.2) is 4.57 Å². The molecule has 0 amide bonds. The molecular formula is C18H20N2O. The maximum atomic E-state index is 6.16. The normalized spacial score (nSPS) is 11.0. The second-order valence-electron chi connectivity index (χ2n) is 5.24. The van der Waals surface area contributed by atoms with Crippen molar-refractivity contribution in [1.82, 2.24) is 4.57 Å². The van der Waals surface area contributed by atoms with Crippen molar-refractivity contribution in [2.75, 3.05) is 5.73 Å². The molecule has 0 saturated carbocycles. The van der Waals surface area contributed by atoms with Crippen molar-refractivity contribution in [3.8, 4) is 5.75 Å². The minimum absolute atomic E-state index is 0.530. The van der Waals surface area contributed by atoms with E-state index in [-0.39, 0.29) is 0 Å². The molecule has 3 heteroatoms. The standard InChI is InChI=1S/C18H20N2O/c1-3-20-11-14(18-15(19)8-6-9-16(18)20)12-21-17-10-5-4-7-13(17)2/h4-11H,3,12,19H2,1-2H3. The smallest absolute Gasteiger partial charge is 0.122 e. The minimum Gasteiger partial charge on any atom is -0.489 e. The molecule has 108 valence electrons. The van der Waals surface area contributed by atoms with Crippen molar-refractivity contribution in [3.05, 3.63) is 59.8 Å². The molecule has 1 aromatic heterocycles. The lowest BCUT2D eigenvalue weighted by Crippen LogP contribution is -1.97. The fourth-order valence-corrected chi connectivity index (χ4v) is 2.71. The number of hydrogen-bond donors (Lipinski definition) is 1. The average Bonchev–Trinajstić information content (AvgIpc) is 2.86. The molecule has 0 aliphatic heterocycles. The molecule has 0 atom stereocenters. The monoisotopic (exact) mass is 280 g/mol. The maximum Gasteiger partial charge on any atom is 0.122 e. The van der Waals surface area contributed by atoms with Crippen molar-refractivity contribution in [3.63, 3.8) is 0 Å². The van der Waals surface area contributed by atoms with E-state index in [1.54, 1.807) is 0 Å². The van der Waals surface area contributed by atoms with Crippen molar-refractivity contribution in [2.45, 2.75) is 27.0 Å². The van der Waals surface area contributed by atoms with Gasteiger partial charge in [-0.25, -0.2) is 0 Å². The summed E-state index contributed by atoms with van der Waals surface area (Å²) < 4.78 is 8.19. The Morgan fingerprint density at radius 2 is 1.90 bits per heavy atom. The SMILES string of the molecule is CCn1cc(COc2ccccc2C)c2c(N)cccc21. The van der Waals surface area contributed by atoms with Gasteiger partial charge in [0.25, 0.3) is 0 Å². The van der Waals surface area contributed by atoms with Gasteiger partial charge in [0.1, 0.15) is 12.4 Å². The zero-order valence-corrected chi connectivity index (χ0v) is 12.5. The summed E-state index contributed by atoms with van der Waals surface area (Å²) in [4.78, 5) is 0. The van der Waals surface area contributed by atoms with Gasteiger partial charge in [-0.3, -0.25) is 0 Å². The van der Waals surface area contributed by atoms with Gasteiger partial charge in [-0.15, -0.1) is 0 Å². The molecule has 2 aromatic carbocycles. The highest BCUT2D eigenvalue weighted by atomic mass is 16.5. The zero-order valence-electron chi connectivity index (χ0n) is 12.5. The van der Waals surface area contributed by atoms with Gasteiger partial charge >= 0.3 is 0 Å². The topological polar surface area (TPSA) is 40.2 Å². The van der Waals surface area contributed by atoms with Gasteiger partial charge in [0.15, 0.2) is 0 Å². The number of nitrogens with two attached hydrogens (primary N) is 1. The number of aromatic nitrogens is 1. The third-order valence-electron chi connectivity index (χ3n) is 3.83. The molecule has 21 heavy (non-hydrogen) atoms. The summed E-state index contributed by atoms with van der Waals surface area (Å²) >= 11 is 0. The first-order valence-electron chi connectivity index (χ1n) is 7.25. The van der Waals surface area contributed by atoms with Gasteiger partial charge in [0, 0.05) is 29.4 Å². The lowest BCUT2D eigenvalue weighted by atomic mass is 10.1. The number of hydrogen-bond acceptors (Lipinski definition) is 2. The Balaban J connectivity index is 1.96. The lowest BCUT2D eigenvalue weighted by Gasteiger charge is -2.08. The van der Waals surface area contributed by atoms with E-state index in [4.69, 9.17) is 10.5 Å². The summed E-state index contributed by atoms with van der Waals surface area (Å²) in [6.45, 7) is 5.64. The van der Waals surface area contributed by atoms with Crippen LogP contribution in [0.5, 0.6) is 5.75 Å². The number of ether oxygens (including phenoxy) is 1. The molecule has 1 heterocycles. The fourth-order valence-electron chi connectivity index (χ4n) is 2.71. The van der Waals surface area contributed by atoms with Gasteiger partial charge < -0.3 is 15.0 Å². The number of anilines is 1. The number of aryl methyl sites for hydroxylation is 2. The van der Waals surface area contributed by atoms with Gasteiger partial charge in [-0.05, 0) is 37.6 Å². The molecule has 3 nitrogen and oxygen atoms in total. The molecule has 0 bridgehead atoms. The average molecular weight is 280 g/mol. The summed E-state index contributed by atoms with van der Waals surface area (Å²) in [6, 6.07) is 14.1. The van der Waals surface area contributed by atoms with E-state index in [0.717, 1.165) is 34.5 Å². The van der Waals surface area contributed by atoms with E-state index in [9.17, 15) is 0 Å². The first-order chi connectivity index (χ1) is 10.2. The summed E-state index contributed by atoms with van der Waals surface area (Å²) in [5, 5.41) is 1.10. The Kier molecular flexibility index (Phi) is 3.57. The van der Waals surface area contributed by atoms with E-state index in [0.29, 0.717) is 6.61 Å². The van der Waals surface area contributed by atoms with Gasteiger partial charge in [-0.1, -0.05) is 24.3 Å². The highest BCUT2D eigenvalue weighted by molar-refractivity contribution is 5.94.